The van der Waals surface area contributed by atoms with Gasteiger partial charge in [0.2, 0.25) is 5.82 Å². The highest BCUT2D eigenvalue weighted by atomic mass is 35.5. The van der Waals surface area contributed by atoms with Gasteiger partial charge in [-0.1, -0.05) is 11.6 Å². The Morgan fingerprint density at radius 2 is 2.26 bits per heavy atom. The van der Waals surface area contributed by atoms with E-state index in [0.717, 1.165) is 6.54 Å². The second-order valence-electron chi connectivity index (χ2n) is 3.98. The van der Waals surface area contributed by atoms with E-state index in [-0.39, 0.29) is 16.7 Å². The summed E-state index contributed by atoms with van der Waals surface area (Å²) < 4.78 is 4.96. The summed E-state index contributed by atoms with van der Waals surface area (Å²) in [6.45, 7) is 2.69. The van der Waals surface area contributed by atoms with Gasteiger partial charge in [-0.2, -0.15) is 0 Å². The van der Waals surface area contributed by atoms with Gasteiger partial charge < -0.3 is 15.0 Å². The molecule has 0 radical (unpaired) electrons. The lowest BCUT2D eigenvalue weighted by atomic mass is 10.4. The van der Waals surface area contributed by atoms with E-state index in [1.165, 1.54) is 12.1 Å². The van der Waals surface area contributed by atoms with Crippen molar-refractivity contribution in [2.45, 2.75) is 0 Å². The summed E-state index contributed by atoms with van der Waals surface area (Å²) in [6, 6.07) is 2.74. The fourth-order valence-electron chi connectivity index (χ4n) is 1.43. The number of rotatable bonds is 8. The number of ether oxygens (including phenoxy) is 1. The highest BCUT2D eigenvalue weighted by Crippen LogP contribution is 2.23. The van der Waals surface area contributed by atoms with Gasteiger partial charge in [0.15, 0.2) is 0 Å². The van der Waals surface area contributed by atoms with Gasteiger partial charge in [-0.25, -0.2) is 4.98 Å². The molecule has 1 N–H and O–H groups in total. The summed E-state index contributed by atoms with van der Waals surface area (Å²) in [5.74, 6) is 0.192. The normalized spacial score (nSPS) is 10.7. The highest BCUT2D eigenvalue weighted by molar-refractivity contribution is 6.29. The number of aromatic nitrogens is 1. The molecule has 106 valence electrons. The number of methoxy groups -OCH3 is 1. The Bertz CT molecular complexity index is 430. The van der Waals surface area contributed by atoms with Crippen LogP contribution in [0.5, 0.6) is 0 Å². The lowest BCUT2D eigenvalue weighted by molar-refractivity contribution is -0.384. The molecule has 1 aromatic heterocycles. The van der Waals surface area contributed by atoms with Crippen LogP contribution in [0.3, 0.4) is 0 Å². The zero-order valence-electron chi connectivity index (χ0n) is 10.9. The van der Waals surface area contributed by atoms with Gasteiger partial charge in [0.05, 0.1) is 11.5 Å². The molecular weight excluding hydrogens is 272 g/mol. The third-order valence-corrected chi connectivity index (χ3v) is 2.71. The molecule has 19 heavy (non-hydrogen) atoms. The number of hydrogen-bond acceptors (Lipinski definition) is 6. The molecule has 1 aromatic rings. The third kappa shape index (κ3) is 5.37. The number of anilines is 1. The van der Waals surface area contributed by atoms with Crippen molar-refractivity contribution < 1.29 is 9.66 Å². The summed E-state index contributed by atoms with van der Waals surface area (Å²) >= 11 is 5.73. The van der Waals surface area contributed by atoms with Crippen molar-refractivity contribution in [1.82, 2.24) is 9.88 Å². The van der Waals surface area contributed by atoms with E-state index in [4.69, 9.17) is 16.3 Å². The van der Waals surface area contributed by atoms with Crippen molar-refractivity contribution in [1.29, 1.82) is 0 Å². The van der Waals surface area contributed by atoms with Crippen molar-refractivity contribution in [3.63, 3.8) is 0 Å². The molecular formula is C11H17ClN4O3. The van der Waals surface area contributed by atoms with Crippen molar-refractivity contribution in [3.8, 4) is 0 Å². The van der Waals surface area contributed by atoms with Crippen LogP contribution in [0, 0.1) is 10.1 Å². The van der Waals surface area contributed by atoms with E-state index in [1.54, 1.807) is 7.11 Å². The Hall–Kier alpha value is -1.44. The summed E-state index contributed by atoms with van der Waals surface area (Å²) in [4.78, 5) is 16.3. The minimum Gasteiger partial charge on any atom is -0.383 e. The lowest BCUT2D eigenvalue weighted by Gasteiger charge is -2.16. The number of nitrogens with one attached hydrogen (secondary N) is 1. The molecule has 8 heteroatoms. The average Bonchev–Trinajstić information content (AvgIpc) is 2.36. The standard InChI is InChI=1S/C11H17ClN4O3/c1-15(7-8-19-2)6-5-13-11-9(16(17)18)3-4-10(12)14-11/h3-4H,5-8H2,1-2H3,(H,13,14). The predicted molar refractivity (Wildman–Crippen MR) is 73.8 cm³/mol. The smallest absolute Gasteiger partial charge is 0.311 e. The van der Waals surface area contributed by atoms with Crippen LogP contribution in [-0.2, 0) is 4.74 Å². The Morgan fingerprint density at radius 3 is 2.89 bits per heavy atom. The maximum Gasteiger partial charge on any atom is 0.311 e. The minimum atomic E-state index is -0.486. The maximum absolute atomic E-state index is 10.8. The van der Waals surface area contributed by atoms with Gasteiger partial charge in [-0.05, 0) is 13.1 Å². The second kappa shape index (κ2) is 7.88. The molecule has 0 aliphatic heterocycles. The molecule has 0 unspecified atom stereocenters. The average molecular weight is 289 g/mol. The Morgan fingerprint density at radius 1 is 1.53 bits per heavy atom. The summed E-state index contributed by atoms with van der Waals surface area (Å²) in [5.41, 5.74) is -0.0797. The van der Waals surface area contributed by atoms with Gasteiger partial charge >= 0.3 is 5.69 Å². The number of likely N-dealkylation sites (N-methyl/N-ethyl adjacent to an activating group) is 1. The van der Waals surface area contributed by atoms with E-state index >= 15 is 0 Å². The number of pyridine rings is 1. The molecule has 0 fully saturated rings. The fraction of sp³-hybridized carbons (Fsp3) is 0.545. The molecule has 0 aliphatic carbocycles. The van der Waals surface area contributed by atoms with Gasteiger partial charge in [0, 0.05) is 32.8 Å². The lowest BCUT2D eigenvalue weighted by Crippen LogP contribution is -2.28. The predicted octanol–water partition coefficient (Wildman–Crippen LogP) is 1.63. The van der Waals surface area contributed by atoms with Crippen LogP contribution >= 0.6 is 11.6 Å². The van der Waals surface area contributed by atoms with Gasteiger partial charge in [0.1, 0.15) is 5.15 Å². The van der Waals surface area contributed by atoms with Crippen LogP contribution in [0.2, 0.25) is 5.15 Å². The molecule has 0 aromatic carbocycles. The summed E-state index contributed by atoms with van der Waals surface area (Å²) in [6.07, 6.45) is 0. The molecule has 1 heterocycles. The number of nitro groups is 1. The molecule has 0 bridgehead atoms. The largest absolute Gasteiger partial charge is 0.383 e. The van der Waals surface area contributed by atoms with E-state index in [2.05, 4.69) is 10.3 Å². The first-order chi connectivity index (χ1) is 9.04. The van der Waals surface area contributed by atoms with Crippen LogP contribution in [-0.4, -0.2) is 55.2 Å². The van der Waals surface area contributed by atoms with E-state index in [9.17, 15) is 10.1 Å². The first kappa shape index (κ1) is 15.6. The van der Waals surface area contributed by atoms with Crippen LogP contribution < -0.4 is 5.32 Å². The van der Waals surface area contributed by atoms with E-state index in [0.29, 0.717) is 19.7 Å². The Labute approximate surface area is 116 Å². The van der Waals surface area contributed by atoms with Crippen molar-refractivity contribution in [3.05, 3.63) is 27.4 Å². The zero-order chi connectivity index (χ0) is 14.3. The van der Waals surface area contributed by atoms with Gasteiger partial charge in [0.25, 0.3) is 0 Å². The molecule has 7 nitrogen and oxygen atoms in total. The zero-order valence-corrected chi connectivity index (χ0v) is 11.7. The highest BCUT2D eigenvalue weighted by Gasteiger charge is 2.15. The molecule has 1 rings (SSSR count). The maximum atomic E-state index is 10.8. The van der Waals surface area contributed by atoms with Crippen molar-refractivity contribution in [2.24, 2.45) is 0 Å². The Kier molecular flexibility index (Phi) is 6.48. The topological polar surface area (TPSA) is 80.5 Å². The molecule has 0 atom stereocenters. The molecule has 0 aliphatic rings. The summed E-state index contributed by atoms with van der Waals surface area (Å²) in [5, 5.41) is 14.0. The van der Waals surface area contributed by atoms with E-state index in [1.807, 2.05) is 11.9 Å². The van der Waals surface area contributed by atoms with Gasteiger partial charge in [-0.15, -0.1) is 0 Å². The third-order valence-electron chi connectivity index (χ3n) is 2.50. The minimum absolute atomic E-state index is 0.0797. The summed E-state index contributed by atoms with van der Waals surface area (Å²) in [7, 11) is 3.59. The van der Waals surface area contributed by atoms with E-state index < -0.39 is 4.92 Å². The van der Waals surface area contributed by atoms with Crippen LogP contribution in [0.25, 0.3) is 0 Å². The molecule has 0 spiro atoms. The monoisotopic (exact) mass is 288 g/mol. The van der Waals surface area contributed by atoms with Gasteiger partial charge in [-0.3, -0.25) is 10.1 Å². The van der Waals surface area contributed by atoms with Crippen LogP contribution in [0.15, 0.2) is 12.1 Å². The Balaban J connectivity index is 2.52. The number of hydrogen-bond donors (Lipinski definition) is 1. The van der Waals surface area contributed by atoms with Crippen molar-refractivity contribution >= 4 is 23.1 Å². The number of nitrogens with zero attached hydrogens (tertiary/aromatic N) is 3. The first-order valence-corrected chi connectivity index (χ1v) is 6.14. The first-order valence-electron chi connectivity index (χ1n) is 5.77. The fourth-order valence-corrected chi connectivity index (χ4v) is 1.58. The number of halogens is 1. The van der Waals surface area contributed by atoms with Crippen molar-refractivity contribution in [2.75, 3.05) is 45.7 Å². The second-order valence-corrected chi connectivity index (χ2v) is 4.37. The molecule has 0 amide bonds. The van der Waals surface area contributed by atoms with Crippen LogP contribution in [0.1, 0.15) is 0 Å². The molecule has 0 saturated carbocycles. The molecule has 0 saturated heterocycles. The van der Waals surface area contributed by atoms with Crippen LogP contribution in [0.4, 0.5) is 11.5 Å². The quantitative estimate of drug-likeness (QED) is 0.445. The SMILES string of the molecule is COCCN(C)CCNc1nc(Cl)ccc1[N+](=O)[O-].